The summed E-state index contributed by atoms with van der Waals surface area (Å²) in [6.07, 6.45) is 1.20. The predicted molar refractivity (Wildman–Crippen MR) is 99.9 cm³/mol. The Labute approximate surface area is 154 Å². The minimum atomic E-state index is -0.287. The van der Waals surface area contributed by atoms with Gasteiger partial charge in [0.25, 0.3) is 0 Å². The van der Waals surface area contributed by atoms with Gasteiger partial charge >= 0.3 is 0 Å². The van der Waals surface area contributed by atoms with Crippen molar-refractivity contribution in [1.82, 2.24) is 10.2 Å². The van der Waals surface area contributed by atoms with Crippen molar-refractivity contribution >= 4 is 5.91 Å². The Bertz CT molecular complexity index is 730. The van der Waals surface area contributed by atoms with E-state index in [0.717, 1.165) is 37.3 Å². The number of amides is 1. The summed E-state index contributed by atoms with van der Waals surface area (Å²) in [5.41, 5.74) is 1.80. The average Bonchev–Trinajstić information content (AvgIpc) is 2.69. The maximum absolute atomic E-state index is 13.6. The molecule has 2 aromatic carbocycles. The largest absolute Gasteiger partial charge is 0.496 e. The lowest BCUT2D eigenvalue weighted by Crippen LogP contribution is -2.48. The first-order valence-electron chi connectivity index (χ1n) is 9.06. The van der Waals surface area contributed by atoms with Gasteiger partial charge in [0.1, 0.15) is 11.6 Å². The molecule has 0 aliphatic carbocycles. The molecule has 1 aliphatic heterocycles. The van der Waals surface area contributed by atoms with Crippen molar-refractivity contribution in [3.8, 4) is 5.75 Å². The fourth-order valence-corrected chi connectivity index (χ4v) is 3.47. The summed E-state index contributed by atoms with van der Waals surface area (Å²) in [7, 11) is 1.58. The van der Waals surface area contributed by atoms with Crippen molar-refractivity contribution in [2.75, 3.05) is 33.3 Å². The molecule has 5 heteroatoms. The molecule has 1 N–H and O–H groups in total. The van der Waals surface area contributed by atoms with Crippen molar-refractivity contribution in [1.29, 1.82) is 0 Å². The van der Waals surface area contributed by atoms with E-state index in [4.69, 9.17) is 4.74 Å². The maximum Gasteiger partial charge on any atom is 0.230 e. The number of nitrogens with zero attached hydrogens (tertiary/aromatic N) is 1. The van der Waals surface area contributed by atoms with Crippen LogP contribution in [0.2, 0.25) is 0 Å². The van der Waals surface area contributed by atoms with Gasteiger partial charge in [0.05, 0.1) is 13.0 Å². The quantitative estimate of drug-likeness (QED) is 0.865. The van der Waals surface area contributed by atoms with Gasteiger partial charge in [-0.15, -0.1) is 0 Å². The third-order valence-electron chi connectivity index (χ3n) is 4.87. The molecule has 2 aromatic rings. The highest BCUT2D eigenvalue weighted by atomic mass is 19.1. The number of benzene rings is 2. The molecular formula is C21H25FN2O2. The van der Waals surface area contributed by atoms with Crippen LogP contribution in [0.25, 0.3) is 0 Å². The third kappa shape index (κ3) is 4.41. The Morgan fingerprint density at radius 2 is 1.92 bits per heavy atom. The summed E-state index contributed by atoms with van der Waals surface area (Å²) >= 11 is 0. The molecule has 0 aromatic heterocycles. The Balaban J connectivity index is 1.80. The Hall–Kier alpha value is -2.40. The lowest BCUT2D eigenvalue weighted by atomic mass is 9.90. The maximum atomic E-state index is 13.6. The van der Waals surface area contributed by atoms with Gasteiger partial charge in [-0.2, -0.15) is 0 Å². The highest BCUT2D eigenvalue weighted by molar-refractivity contribution is 5.84. The van der Waals surface area contributed by atoms with Crippen LogP contribution in [0.3, 0.4) is 0 Å². The molecule has 1 aliphatic rings. The molecule has 0 bridgehead atoms. The summed E-state index contributed by atoms with van der Waals surface area (Å²) in [6.45, 7) is 3.10. The van der Waals surface area contributed by atoms with Crippen LogP contribution in [0.5, 0.6) is 5.75 Å². The number of piperazine rings is 1. The van der Waals surface area contributed by atoms with Crippen LogP contribution in [0.1, 0.15) is 23.5 Å². The zero-order valence-corrected chi connectivity index (χ0v) is 15.1. The smallest absolute Gasteiger partial charge is 0.230 e. The number of halogens is 1. The number of carbonyl (C=O) groups is 1. The number of nitrogens with one attached hydrogen (secondary N) is 1. The van der Waals surface area contributed by atoms with Gasteiger partial charge in [0, 0.05) is 26.2 Å². The molecule has 138 valence electrons. The van der Waals surface area contributed by atoms with E-state index >= 15 is 0 Å². The van der Waals surface area contributed by atoms with Crippen LogP contribution >= 0.6 is 0 Å². The van der Waals surface area contributed by atoms with E-state index in [1.165, 1.54) is 12.1 Å². The number of ether oxygens (including phenoxy) is 1. The molecule has 0 saturated carbocycles. The summed E-state index contributed by atoms with van der Waals surface area (Å²) < 4.78 is 19.0. The van der Waals surface area contributed by atoms with Crippen molar-refractivity contribution in [2.24, 2.45) is 0 Å². The van der Waals surface area contributed by atoms with E-state index in [-0.39, 0.29) is 17.6 Å². The van der Waals surface area contributed by atoms with Crippen LogP contribution in [0.4, 0.5) is 4.39 Å². The standard InChI is InChI=1S/C21H25FN2O2/c1-26-20-10-8-18(22)15-17(20)7-9-19(16-5-3-2-4-6-16)21(25)24-13-11-23-12-14-24/h2-6,8,10,15,19,23H,7,9,11-14H2,1H3. The number of carbonyl (C=O) groups excluding carboxylic acids is 1. The molecule has 4 nitrogen and oxygen atoms in total. The van der Waals surface area contributed by atoms with Gasteiger partial charge in [0.15, 0.2) is 0 Å². The second-order valence-electron chi connectivity index (χ2n) is 6.53. The zero-order chi connectivity index (χ0) is 18.4. The first-order valence-corrected chi connectivity index (χ1v) is 9.06. The van der Waals surface area contributed by atoms with E-state index in [0.29, 0.717) is 18.6 Å². The summed E-state index contributed by atoms with van der Waals surface area (Å²) in [6, 6.07) is 14.4. The van der Waals surface area contributed by atoms with Crippen molar-refractivity contribution in [3.63, 3.8) is 0 Å². The molecule has 1 fully saturated rings. The van der Waals surface area contributed by atoms with Gasteiger partial charge < -0.3 is 15.0 Å². The van der Waals surface area contributed by atoms with Gasteiger partial charge in [-0.3, -0.25) is 4.79 Å². The predicted octanol–water partition coefficient (Wildman–Crippen LogP) is 2.98. The molecule has 0 spiro atoms. The highest BCUT2D eigenvalue weighted by Gasteiger charge is 2.27. The number of aryl methyl sites for hydroxylation is 1. The molecule has 3 rings (SSSR count). The number of methoxy groups -OCH3 is 1. The van der Waals surface area contributed by atoms with Gasteiger partial charge in [-0.05, 0) is 42.2 Å². The van der Waals surface area contributed by atoms with Crippen LogP contribution in [-0.2, 0) is 11.2 Å². The van der Waals surface area contributed by atoms with E-state index in [9.17, 15) is 9.18 Å². The summed E-state index contributed by atoms with van der Waals surface area (Å²) in [4.78, 5) is 15.1. The number of hydrogen-bond donors (Lipinski definition) is 1. The van der Waals surface area contributed by atoms with Crippen molar-refractivity contribution in [2.45, 2.75) is 18.8 Å². The second kappa shape index (κ2) is 8.81. The van der Waals surface area contributed by atoms with Gasteiger partial charge in [-0.1, -0.05) is 30.3 Å². The normalized spacial score (nSPS) is 15.5. The lowest BCUT2D eigenvalue weighted by Gasteiger charge is -2.31. The van der Waals surface area contributed by atoms with Crippen LogP contribution < -0.4 is 10.1 Å². The number of rotatable bonds is 6. The third-order valence-corrected chi connectivity index (χ3v) is 4.87. The van der Waals surface area contributed by atoms with E-state index < -0.39 is 0 Å². The van der Waals surface area contributed by atoms with Crippen LogP contribution in [-0.4, -0.2) is 44.1 Å². The zero-order valence-electron chi connectivity index (χ0n) is 15.1. The fraction of sp³-hybridized carbons (Fsp3) is 0.381. The molecule has 26 heavy (non-hydrogen) atoms. The van der Waals surface area contributed by atoms with Gasteiger partial charge in [0.2, 0.25) is 5.91 Å². The minimum Gasteiger partial charge on any atom is -0.496 e. The Kier molecular flexibility index (Phi) is 6.23. The Morgan fingerprint density at radius 1 is 1.19 bits per heavy atom. The lowest BCUT2D eigenvalue weighted by molar-refractivity contribution is -0.133. The summed E-state index contributed by atoms with van der Waals surface area (Å²) in [5, 5.41) is 3.28. The molecule has 1 atom stereocenters. The van der Waals surface area contributed by atoms with E-state index in [2.05, 4.69) is 5.32 Å². The minimum absolute atomic E-state index is 0.146. The molecule has 0 radical (unpaired) electrons. The van der Waals surface area contributed by atoms with Crippen molar-refractivity contribution < 1.29 is 13.9 Å². The first kappa shape index (κ1) is 18.4. The van der Waals surface area contributed by atoms with E-state index in [1.54, 1.807) is 13.2 Å². The SMILES string of the molecule is COc1ccc(F)cc1CCC(C(=O)N1CCNCC1)c1ccccc1. The van der Waals surface area contributed by atoms with Gasteiger partial charge in [-0.25, -0.2) is 4.39 Å². The fourth-order valence-electron chi connectivity index (χ4n) is 3.47. The average molecular weight is 356 g/mol. The highest BCUT2D eigenvalue weighted by Crippen LogP contribution is 2.28. The number of hydrogen-bond acceptors (Lipinski definition) is 3. The molecule has 1 heterocycles. The Morgan fingerprint density at radius 3 is 2.62 bits per heavy atom. The first-order chi connectivity index (χ1) is 12.7. The topological polar surface area (TPSA) is 41.6 Å². The molecule has 1 amide bonds. The molecule has 1 saturated heterocycles. The van der Waals surface area contributed by atoms with Crippen molar-refractivity contribution in [3.05, 3.63) is 65.5 Å². The monoisotopic (exact) mass is 356 g/mol. The van der Waals surface area contributed by atoms with Crippen LogP contribution in [0, 0.1) is 5.82 Å². The van der Waals surface area contributed by atoms with Crippen LogP contribution in [0.15, 0.2) is 48.5 Å². The van der Waals surface area contributed by atoms with E-state index in [1.807, 2.05) is 35.2 Å². The molecular weight excluding hydrogens is 331 g/mol. The second-order valence-corrected chi connectivity index (χ2v) is 6.53. The molecule has 1 unspecified atom stereocenters. The summed E-state index contributed by atoms with van der Waals surface area (Å²) in [5.74, 6) is 0.286.